The predicted molar refractivity (Wildman–Crippen MR) is 299 cm³/mol. The van der Waals surface area contributed by atoms with Gasteiger partial charge in [0, 0.05) is 92.8 Å². The minimum Gasteiger partial charge on any atom is -0.319 e. The molecule has 0 radical (unpaired) electrons. The summed E-state index contributed by atoms with van der Waals surface area (Å²) in [5, 5.41) is 26.1. The fraction of sp³-hybridized carbons (Fsp3) is 0. The summed E-state index contributed by atoms with van der Waals surface area (Å²) in [4.78, 5) is 4.58. The minimum absolute atomic E-state index is 0.408. The Hall–Kier alpha value is -8.76. The Bertz CT molecular complexity index is 4890. The van der Waals surface area contributed by atoms with E-state index in [0.717, 1.165) is 65.4 Å². The van der Waals surface area contributed by atoms with Crippen LogP contribution in [0.3, 0.4) is 0 Å². The fourth-order valence-corrected chi connectivity index (χ4v) is 15.7. The quantitative estimate of drug-likeness (QED) is 0.163. The van der Waals surface area contributed by atoms with Gasteiger partial charge in [-0.3, -0.25) is 0 Å². The molecule has 0 bridgehead atoms. The van der Waals surface area contributed by atoms with Gasteiger partial charge in [-0.1, -0.05) is 127 Å². The first-order chi connectivity index (χ1) is 34.7. The molecule has 0 aliphatic carbocycles. The van der Waals surface area contributed by atoms with Gasteiger partial charge < -0.3 is 13.7 Å². The monoisotopic (exact) mass is 941 g/mol. The average Bonchev–Trinajstić information content (AvgIpc) is 4.26. The molecule has 0 atom stereocenters. The minimum atomic E-state index is 0.408. The summed E-state index contributed by atoms with van der Waals surface area (Å²) in [6.45, 7) is 9.38. The first-order valence-electron chi connectivity index (χ1n) is 23.2. The van der Waals surface area contributed by atoms with Crippen LogP contribution in [0.4, 0.5) is 5.69 Å². The van der Waals surface area contributed by atoms with Crippen molar-refractivity contribution in [3.63, 3.8) is 0 Å². The third-order valence-corrected chi connectivity index (χ3v) is 18.3. The van der Waals surface area contributed by atoms with E-state index in [-0.39, 0.29) is 0 Å². The summed E-state index contributed by atoms with van der Waals surface area (Å²) in [6.07, 6.45) is 0. The molecule has 0 N–H and O–H groups in total. The highest BCUT2D eigenvalue weighted by molar-refractivity contribution is 7.27. The van der Waals surface area contributed by atoms with E-state index in [0.29, 0.717) is 28.3 Å². The summed E-state index contributed by atoms with van der Waals surface area (Å²) in [5.74, 6) is 0. The van der Waals surface area contributed by atoms with Crippen LogP contribution < -0.4 is 0 Å². The van der Waals surface area contributed by atoms with Gasteiger partial charge in [0.25, 0.3) is 0 Å². The molecule has 0 spiro atoms. The molecule has 16 rings (SSSR count). The van der Waals surface area contributed by atoms with Crippen molar-refractivity contribution >= 4 is 166 Å². The van der Waals surface area contributed by atoms with Crippen molar-refractivity contribution in [2.24, 2.45) is 0 Å². The normalized spacial score (nSPS) is 12.3. The van der Waals surface area contributed by atoms with E-state index in [1.54, 1.807) is 11.3 Å². The number of benzene rings is 10. The van der Waals surface area contributed by atoms with Crippen LogP contribution in [0.1, 0.15) is 5.56 Å². The van der Waals surface area contributed by atoms with E-state index >= 15 is 0 Å². The van der Waals surface area contributed by atoms with Gasteiger partial charge >= 0.3 is 0 Å². The highest BCUT2D eigenvalue weighted by atomic mass is 32.1. The molecular weight excluding hydrogens is 911 g/mol. The molecule has 8 heteroatoms. The number of fused-ring (bicyclic) bond motifs is 21. The van der Waals surface area contributed by atoms with E-state index in [2.05, 4.69) is 213 Å². The van der Waals surface area contributed by atoms with Gasteiger partial charge in [-0.25, -0.2) is 4.85 Å². The van der Waals surface area contributed by atoms with Crippen molar-refractivity contribution < 1.29 is 0 Å². The Labute approximate surface area is 410 Å². The Morgan fingerprint density at radius 2 is 0.729 bits per heavy atom. The molecular formula is C62H31N5S3. The Balaban J connectivity index is 1.12. The van der Waals surface area contributed by atoms with Crippen molar-refractivity contribution in [1.29, 1.82) is 5.26 Å². The third-order valence-electron chi connectivity index (χ3n) is 14.7. The SMILES string of the molecule is [C-]#[N+]c1c(-n2c3ccccc3c3c4sc5ccccc5c4ccc32)cc(-n2c3ccccc3c3c4sc5ccccc5c4ccc32)c(C#N)c1-n1c2ccccc2c2c3sc4ccccc4c3ccc21. The number of para-hydroxylation sites is 3. The van der Waals surface area contributed by atoms with E-state index in [1.165, 1.54) is 60.5 Å². The first-order valence-corrected chi connectivity index (χ1v) is 25.6. The maximum absolute atomic E-state index is 12.0. The molecule has 10 aromatic carbocycles. The third kappa shape index (κ3) is 4.82. The molecule has 0 saturated carbocycles. The Morgan fingerprint density at radius 1 is 0.371 bits per heavy atom. The lowest BCUT2D eigenvalue weighted by atomic mass is 10.0. The maximum Gasteiger partial charge on any atom is 0.235 e. The standard InChI is InChI=1S/C62H31N5S3/c1-64-58-51(66-45-21-9-3-18-41(45)56-48(66)30-27-38-35-15-6-12-24-53(35)69-61(38)56)32-50(65-44-20-8-2-17-40(44)55-47(65)29-26-37-34-14-5-11-23-52(34)68-60(37)55)43(33-63)59(58)67-46-22-10-4-19-42(46)57-49(67)31-28-39-36-16-7-13-25-54(36)70-62(39)57/h2-32H. The van der Waals surface area contributed by atoms with Gasteiger partial charge in [-0.05, 0) is 60.7 Å². The van der Waals surface area contributed by atoms with Crippen molar-refractivity contribution in [2.75, 3.05) is 0 Å². The van der Waals surface area contributed by atoms with Gasteiger partial charge in [-0.15, -0.1) is 34.0 Å². The van der Waals surface area contributed by atoms with E-state index < -0.39 is 0 Å². The summed E-state index contributed by atoms with van der Waals surface area (Å²) in [5.41, 5.74) is 8.74. The van der Waals surface area contributed by atoms with Crippen molar-refractivity contribution in [2.45, 2.75) is 0 Å². The number of nitrogens with zero attached hydrogens (tertiary/aromatic N) is 5. The zero-order valence-corrected chi connectivity index (χ0v) is 39.3. The Morgan fingerprint density at radius 3 is 1.14 bits per heavy atom. The fourth-order valence-electron chi connectivity index (χ4n) is 11.9. The van der Waals surface area contributed by atoms with Crippen LogP contribution in [0.2, 0.25) is 0 Å². The van der Waals surface area contributed by atoms with E-state index in [1.807, 2.05) is 22.7 Å². The van der Waals surface area contributed by atoms with Crippen molar-refractivity contribution in [3.8, 4) is 23.1 Å². The molecule has 0 fully saturated rings. The van der Waals surface area contributed by atoms with Gasteiger partial charge in [0.05, 0.1) is 62.3 Å². The van der Waals surface area contributed by atoms with Gasteiger partial charge in [-0.2, -0.15) is 5.26 Å². The number of rotatable bonds is 3. The summed E-state index contributed by atoms with van der Waals surface area (Å²) >= 11 is 5.44. The van der Waals surface area contributed by atoms with Gasteiger partial charge in [0.2, 0.25) is 5.69 Å². The lowest BCUT2D eigenvalue weighted by Crippen LogP contribution is -2.08. The lowest BCUT2D eigenvalue weighted by molar-refractivity contribution is 1.09. The number of thiophene rings is 3. The van der Waals surface area contributed by atoms with Crippen LogP contribution in [-0.4, -0.2) is 13.7 Å². The smallest absolute Gasteiger partial charge is 0.235 e. The largest absolute Gasteiger partial charge is 0.319 e. The highest BCUT2D eigenvalue weighted by Gasteiger charge is 2.30. The number of aromatic nitrogens is 3. The number of hydrogen-bond acceptors (Lipinski definition) is 4. The first kappa shape index (κ1) is 38.2. The van der Waals surface area contributed by atoms with Crippen molar-refractivity contribution in [3.05, 3.63) is 205 Å². The molecule has 0 aliphatic heterocycles. The second kappa shape index (κ2) is 13.9. The number of hydrogen-bond donors (Lipinski definition) is 0. The molecule has 0 amide bonds. The highest BCUT2D eigenvalue weighted by Crippen LogP contribution is 2.51. The molecule has 0 unspecified atom stereocenters. The molecule has 16 aromatic rings. The van der Waals surface area contributed by atoms with E-state index in [9.17, 15) is 11.8 Å². The van der Waals surface area contributed by atoms with Gasteiger partial charge in [0.1, 0.15) is 6.07 Å². The van der Waals surface area contributed by atoms with E-state index in [4.69, 9.17) is 0 Å². The molecule has 0 saturated heterocycles. The molecule has 322 valence electrons. The maximum atomic E-state index is 12.0. The zero-order valence-electron chi connectivity index (χ0n) is 36.9. The average molecular weight is 942 g/mol. The molecule has 0 aliphatic rings. The van der Waals surface area contributed by atoms with Crippen LogP contribution in [-0.2, 0) is 0 Å². The van der Waals surface area contributed by atoms with Gasteiger partial charge in [0.15, 0.2) is 0 Å². The van der Waals surface area contributed by atoms with Crippen molar-refractivity contribution in [1.82, 2.24) is 13.7 Å². The molecule has 6 heterocycles. The summed E-state index contributed by atoms with van der Waals surface area (Å²) in [7, 11) is 0. The van der Waals surface area contributed by atoms with Crippen LogP contribution in [0.25, 0.3) is 148 Å². The predicted octanol–water partition coefficient (Wildman–Crippen LogP) is 18.5. The summed E-state index contributed by atoms with van der Waals surface area (Å²) < 4.78 is 14.2. The second-order valence-corrected chi connectivity index (χ2v) is 21.2. The molecule has 6 aromatic heterocycles. The van der Waals surface area contributed by atoms with Crippen LogP contribution in [0.15, 0.2) is 188 Å². The molecule has 5 nitrogen and oxygen atoms in total. The second-order valence-electron chi connectivity index (χ2n) is 18.1. The number of nitriles is 1. The Kier molecular flexibility index (Phi) is 7.60. The van der Waals surface area contributed by atoms with Crippen LogP contribution in [0, 0.1) is 17.9 Å². The lowest BCUT2D eigenvalue weighted by Gasteiger charge is -2.21. The van der Waals surface area contributed by atoms with Crippen LogP contribution >= 0.6 is 34.0 Å². The zero-order chi connectivity index (χ0) is 45.9. The van der Waals surface area contributed by atoms with Crippen LogP contribution in [0.5, 0.6) is 0 Å². The molecule has 70 heavy (non-hydrogen) atoms. The topological polar surface area (TPSA) is 42.9 Å². The summed E-state index contributed by atoms with van der Waals surface area (Å²) in [6, 6.07) is 69.9.